The summed E-state index contributed by atoms with van der Waals surface area (Å²) >= 11 is 1.77. The molecule has 34 heavy (non-hydrogen) atoms. The van der Waals surface area contributed by atoms with Crippen molar-refractivity contribution in [2.24, 2.45) is 0 Å². The third-order valence-electron chi connectivity index (χ3n) is 5.07. The molecule has 0 aliphatic rings. The van der Waals surface area contributed by atoms with Crippen LogP contribution in [0.1, 0.15) is 21.7 Å². The van der Waals surface area contributed by atoms with Gasteiger partial charge in [0.1, 0.15) is 12.4 Å². The number of ether oxygens (including phenoxy) is 1. The van der Waals surface area contributed by atoms with Crippen LogP contribution in [0.15, 0.2) is 77.7 Å². The first-order valence-electron chi connectivity index (χ1n) is 10.7. The minimum absolute atomic E-state index is 0.0516. The number of esters is 1. The van der Waals surface area contributed by atoms with Gasteiger partial charge in [0.25, 0.3) is 0 Å². The van der Waals surface area contributed by atoms with Gasteiger partial charge in [0, 0.05) is 17.2 Å². The smallest absolute Gasteiger partial charge is 0.361 e. The van der Waals surface area contributed by atoms with Crippen molar-refractivity contribution in [2.45, 2.75) is 18.4 Å². The van der Waals surface area contributed by atoms with E-state index in [1.54, 1.807) is 36.9 Å². The number of nitrogens with one attached hydrogen (secondary N) is 1. The fourth-order valence-electron chi connectivity index (χ4n) is 3.30. The van der Waals surface area contributed by atoms with Crippen LogP contribution in [0.25, 0.3) is 5.69 Å². The van der Waals surface area contributed by atoms with E-state index in [9.17, 15) is 9.18 Å². The predicted molar refractivity (Wildman–Crippen MR) is 132 cm³/mol. The summed E-state index contributed by atoms with van der Waals surface area (Å²) in [5, 5.41) is 11.2. The molecule has 174 valence electrons. The zero-order valence-corrected chi connectivity index (χ0v) is 19.4. The van der Waals surface area contributed by atoms with Gasteiger partial charge in [-0.3, -0.25) is 0 Å². The Kier molecular flexibility index (Phi) is 7.44. The number of nitrogens with two attached hydrogens (primary N) is 1. The summed E-state index contributed by atoms with van der Waals surface area (Å²) in [7, 11) is 0. The molecule has 4 rings (SSSR count). The molecule has 1 heterocycles. The van der Waals surface area contributed by atoms with Gasteiger partial charge in [0.15, 0.2) is 5.69 Å². The Labute approximate surface area is 201 Å². The molecule has 0 saturated carbocycles. The van der Waals surface area contributed by atoms with Crippen molar-refractivity contribution in [2.75, 3.05) is 23.3 Å². The van der Waals surface area contributed by atoms with Gasteiger partial charge in [-0.1, -0.05) is 29.5 Å². The Morgan fingerprint density at radius 3 is 2.62 bits per heavy atom. The molecular formula is C25H24FN5O2S. The third-order valence-corrected chi connectivity index (χ3v) is 6.09. The summed E-state index contributed by atoms with van der Waals surface area (Å²) in [5.74, 6) is -0.0434. The summed E-state index contributed by atoms with van der Waals surface area (Å²) in [6.07, 6.45) is 0. The molecule has 0 unspecified atom stereocenters. The highest BCUT2D eigenvalue weighted by atomic mass is 32.2. The van der Waals surface area contributed by atoms with Crippen molar-refractivity contribution in [3.8, 4) is 5.69 Å². The highest BCUT2D eigenvalue weighted by Gasteiger charge is 2.19. The van der Waals surface area contributed by atoms with E-state index in [0.29, 0.717) is 17.1 Å². The van der Waals surface area contributed by atoms with Gasteiger partial charge < -0.3 is 15.8 Å². The largest absolute Gasteiger partial charge is 0.456 e. The molecule has 0 aliphatic heterocycles. The Morgan fingerprint density at radius 2 is 1.88 bits per heavy atom. The number of aromatic nitrogens is 3. The van der Waals surface area contributed by atoms with Crippen LogP contribution < -0.4 is 11.1 Å². The van der Waals surface area contributed by atoms with Crippen molar-refractivity contribution in [3.63, 3.8) is 0 Å². The first-order valence-corrected chi connectivity index (χ1v) is 11.7. The average Bonchev–Trinajstić information content (AvgIpc) is 3.23. The second-order valence-electron chi connectivity index (χ2n) is 7.50. The Morgan fingerprint density at radius 1 is 1.12 bits per heavy atom. The first-order chi connectivity index (χ1) is 16.5. The minimum Gasteiger partial charge on any atom is -0.456 e. The van der Waals surface area contributed by atoms with E-state index >= 15 is 0 Å². The Hall–Kier alpha value is -3.85. The molecule has 3 aromatic carbocycles. The molecule has 0 saturated heterocycles. The van der Waals surface area contributed by atoms with Crippen LogP contribution in [0.4, 0.5) is 15.8 Å². The standard InChI is InChI=1S/C25H24FN5O2S/c1-17-24(29-30-31(17)20-10-8-19(26)9-11-20)25(32)33-16-18-7-12-23(22(27)15-18)28-13-14-34-21-5-3-2-4-6-21/h2-12,15,28H,13-14,16,27H2,1H3. The predicted octanol–water partition coefficient (Wildman–Crippen LogP) is 4.86. The van der Waals surface area contributed by atoms with E-state index in [0.717, 1.165) is 23.5 Å². The number of halogens is 1. The molecule has 4 aromatic rings. The molecule has 0 atom stereocenters. The molecule has 0 amide bonds. The third kappa shape index (κ3) is 5.74. The summed E-state index contributed by atoms with van der Waals surface area (Å²) in [6.45, 7) is 2.52. The Balaban J connectivity index is 1.30. The number of nitrogen functional groups attached to an aromatic ring is 1. The molecule has 0 radical (unpaired) electrons. The van der Waals surface area contributed by atoms with Crippen molar-refractivity contribution < 1.29 is 13.9 Å². The van der Waals surface area contributed by atoms with Gasteiger partial charge >= 0.3 is 5.97 Å². The number of hydrogen-bond acceptors (Lipinski definition) is 7. The molecular weight excluding hydrogens is 453 g/mol. The molecule has 9 heteroatoms. The molecule has 0 bridgehead atoms. The van der Waals surface area contributed by atoms with Gasteiger partial charge in [-0.2, -0.15) is 0 Å². The number of anilines is 2. The first kappa shape index (κ1) is 23.3. The van der Waals surface area contributed by atoms with Gasteiger partial charge in [0.2, 0.25) is 0 Å². The second kappa shape index (κ2) is 10.8. The van der Waals surface area contributed by atoms with Crippen LogP contribution >= 0.6 is 11.8 Å². The van der Waals surface area contributed by atoms with E-state index in [2.05, 4.69) is 27.8 Å². The fraction of sp³-hybridized carbons (Fsp3) is 0.160. The van der Waals surface area contributed by atoms with Crippen LogP contribution in [0, 0.1) is 12.7 Å². The van der Waals surface area contributed by atoms with Crippen molar-refractivity contribution in [3.05, 3.63) is 95.6 Å². The van der Waals surface area contributed by atoms with Gasteiger partial charge in [-0.15, -0.1) is 16.9 Å². The average molecular weight is 478 g/mol. The zero-order valence-electron chi connectivity index (χ0n) is 18.6. The van der Waals surface area contributed by atoms with Gasteiger partial charge in [-0.05, 0) is 61.0 Å². The van der Waals surface area contributed by atoms with Crippen molar-refractivity contribution in [1.82, 2.24) is 15.0 Å². The van der Waals surface area contributed by atoms with E-state index in [-0.39, 0.29) is 18.1 Å². The minimum atomic E-state index is -0.593. The zero-order chi connectivity index (χ0) is 23.9. The van der Waals surface area contributed by atoms with Crippen LogP contribution in [0.3, 0.4) is 0 Å². The molecule has 0 spiro atoms. The maximum absolute atomic E-state index is 13.2. The number of rotatable bonds is 9. The van der Waals surface area contributed by atoms with Gasteiger partial charge in [0.05, 0.1) is 22.8 Å². The molecule has 0 aliphatic carbocycles. The van der Waals surface area contributed by atoms with Crippen LogP contribution in [0.5, 0.6) is 0 Å². The summed E-state index contributed by atoms with van der Waals surface area (Å²) < 4.78 is 20.0. The van der Waals surface area contributed by atoms with E-state index in [4.69, 9.17) is 10.5 Å². The highest BCUT2D eigenvalue weighted by molar-refractivity contribution is 7.99. The molecule has 0 fully saturated rings. The lowest BCUT2D eigenvalue weighted by molar-refractivity contribution is 0.0464. The number of hydrogen-bond donors (Lipinski definition) is 2. The normalized spacial score (nSPS) is 10.8. The maximum Gasteiger partial charge on any atom is 0.361 e. The number of carbonyl (C=O) groups excluding carboxylic acids is 1. The fourth-order valence-corrected chi connectivity index (χ4v) is 4.09. The quantitative estimate of drug-likeness (QED) is 0.154. The number of nitrogens with zero attached hydrogens (tertiary/aromatic N) is 3. The maximum atomic E-state index is 13.2. The summed E-state index contributed by atoms with van der Waals surface area (Å²) in [6, 6.07) is 21.5. The van der Waals surface area contributed by atoms with Gasteiger partial charge in [-0.25, -0.2) is 13.9 Å². The van der Waals surface area contributed by atoms with E-state index < -0.39 is 5.97 Å². The van der Waals surface area contributed by atoms with Crippen molar-refractivity contribution in [1.29, 1.82) is 0 Å². The van der Waals surface area contributed by atoms with E-state index in [1.165, 1.54) is 21.7 Å². The highest BCUT2D eigenvalue weighted by Crippen LogP contribution is 2.22. The topological polar surface area (TPSA) is 95.1 Å². The number of benzene rings is 3. The lowest BCUT2D eigenvalue weighted by atomic mass is 10.2. The SMILES string of the molecule is Cc1c(C(=O)OCc2ccc(NCCSc3ccccc3)c(N)c2)nnn1-c1ccc(F)cc1. The monoisotopic (exact) mass is 477 g/mol. The molecule has 7 nitrogen and oxygen atoms in total. The molecule has 3 N–H and O–H groups in total. The lowest BCUT2D eigenvalue weighted by Crippen LogP contribution is -2.09. The number of thioether (sulfide) groups is 1. The molecule has 1 aromatic heterocycles. The summed E-state index contributed by atoms with van der Waals surface area (Å²) in [4.78, 5) is 13.8. The van der Waals surface area contributed by atoms with Crippen LogP contribution in [-0.2, 0) is 11.3 Å². The summed E-state index contributed by atoms with van der Waals surface area (Å²) in [5.41, 5.74) is 9.56. The van der Waals surface area contributed by atoms with Crippen molar-refractivity contribution >= 4 is 29.1 Å². The van der Waals surface area contributed by atoms with Crippen LogP contribution in [0.2, 0.25) is 0 Å². The number of carbonyl (C=O) groups is 1. The lowest BCUT2D eigenvalue weighted by Gasteiger charge is -2.11. The van der Waals surface area contributed by atoms with Crippen LogP contribution in [-0.4, -0.2) is 33.3 Å². The van der Waals surface area contributed by atoms with E-state index in [1.807, 2.05) is 30.3 Å². The second-order valence-corrected chi connectivity index (χ2v) is 8.67. The Bertz CT molecular complexity index is 1260.